The molecule has 0 amide bonds. The Labute approximate surface area is 175 Å². The summed E-state index contributed by atoms with van der Waals surface area (Å²) >= 11 is 7.27. The lowest BCUT2D eigenvalue weighted by atomic mass is 9.92. The van der Waals surface area contributed by atoms with Crippen LogP contribution < -0.4 is 5.32 Å². The maximum atomic E-state index is 12.7. The molecule has 0 spiro atoms. The summed E-state index contributed by atoms with van der Waals surface area (Å²) in [5.41, 5.74) is 0.0707. The zero-order valence-corrected chi connectivity index (χ0v) is 16.3. The fourth-order valence-corrected chi connectivity index (χ4v) is 4.03. The Kier molecular flexibility index (Phi) is 5.05. The minimum Gasteiger partial charge on any atom is -0.348 e. The monoisotopic (exact) mass is 421 g/mol. The Balaban J connectivity index is 1.59. The van der Waals surface area contributed by atoms with Gasteiger partial charge in [-0.2, -0.15) is 0 Å². The Morgan fingerprint density at radius 2 is 1.34 bits per heavy atom. The number of carbonyl (C=O) groups excluding carboxylic acids is 4. The summed E-state index contributed by atoms with van der Waals surface area (Å²) in [6.45, 7) is 0. The van der Waals surface area contributed by atoms with Crippen molar-refractivity contribution in [1.82, 2.24) is 5.32 Å². The molecule has 4 rings (SSSR count). The molecular formula is C22H12ClNO4S. The molecule has 0 aromatic heterocycles. The minimum atomic E-state index is -0.518. The molecule has 2 aliphatic carbocycles. The summed E-state index contributed by atoms with van der Waals surface area (Å²) in [5, 5.41) is 2.29. The summed E-state index contributed by atoms with van der Waals surface area (Å²) in [7, 11) is 0. The first kappa shape index (κ1) is 19.1. The molecule has 0 aliphatic heterocycles. The van der Waals surface area contributed by atoms with E-state index in [1.54, 1.807) is 12.1 Å². The molecule has 2 aliphatic rings. The highest BCUT2D eigenvalue weighted by molar-refractivity contribution is 8.04. The average molecular weight is 422 g/mol. The van der Waals surface area contributed by atoms with Crippen LogP contribution in [0.25, 0.3) is 0 Å². The van der Waals surface area contributed by atoms with E-state index in [0.717, 1.165) is 11.0 Å². The van der Waals surface area contributed by atoms with Crippen LogP contribution in [0.3, 0.4) is 0 Å². The zero-order chi connectivity index (χ0) is 20.5. The van der Waals surface area contributed by atoms with Crippen LogP contribution >= 0.6 is 23.4 Å². The van der Waals surface area contributed by atoms with Gasteiger partial charge >= 0.3 is 0 Å². The molecular weight excluding hydrogens is 410 g/mol. The van der Waals surface area contributed by atoms with Crippen LogP contribution in [-0.2, 0) is 9.59 Å². The Bertz CT molecular complexity index is 1180. The number of ketones is 4. The summed E-state index contributed by atoms with van der Waals surface area (Å²) in [6, 6.07) is 15.5. The lowest BCUT2D eigenvalue weighted by molar-refractivity contribution is -0.114. The molecule has 0 bridgehead atoms. The van der Waals surface area contributed by atoms with Crippen LogP contribution in [-0.4, -0.2) is 23.1 Å². The third-order valence-corrected chi connectivity index (χ3v) is 5.75. The van der Waals surface area contributed by atoms with Gasteiger partial charge in [-0.25, -0.2) is 0 Å². The second-order valence-electron chi connectivity index (χ2n) is 6.23. The van der Waals surface area contributed by atoms with E-state index < -0.39 is 17.3 Å². The van der Waals surface area contributed by atoms with Crippen LogP contribution in [0, 0.1) is 0 Å². The number of Topliss-reactive ketones (excluding diaryl/α,β-unsaturated/α-hetero) is 2. The third-order valence-electron chi connectivity index (χ3n) is 4.34. The van der Waals surface area contributed by atoms with Crippen LogP contribution in [0.1, 0.15) is 20.7 Å². The van der Waals surface area contributed by atoms with E-state index >= 15 is 0 Å². The van der Waals surface area contributed by atoms with Crippen molar-refractivity contribution in [2.24, 2.45) is 0 Å². The zero-order valence-electron chi connectivity index (χ0n) is 14.8. The number of thioether (sulfide) groups is 1. The maximum absolute atomic E-state index is 12.7. The first-order valence-corrected chi connectivity index (χ1v) is 9.75. The average Bonchev–Trinajstić information content (AvgIpc) is 2.73. The lowest BCUT2D eigenvalue weighted by Crippen LogP contribution is -2.32. The number of rotatable bonds is 4. The highest BCUT2D eigenvalue weighted by atomic mass is 35.5. The van der Waals surface area contributed by atoms with Gasteiger partial charge in [-0.05, 0) is 12.1 Å². The van der Waals surface area contributed by atoms with Crippen molar-refractivity contribution in [3.05, 3.63) is 99.2 Å². The van der Waals surface area contributed by atoms with Crippen molar-refractivity contribution in [3.8, 4) is 0 Å². The van der Waals surface area contributed by atoms with Gasteiger partial charge in [0, 0.05) is 28.2 Å². The van der Waals surface area contributed by atoms with E-state index in [2.05, 4.69) is 5.32 Å². The van der Waals surface area contributed by atoms with Gasteiger partial charge in [-0.3, -0.25) is 19.2 Å². The van der Waals surface area contributed by atoms with E-state index in [-0.39, 0.29) is 38.2 Å². The predicted octanol–water partition coefficient (Wildman–Crippen LogP) is 3.82. The van der Waals surface area contributed by atoms with Gasteiger partial charge in [0.25, 0.3) is 0 Å². The van der Waals surface area contributed by atoms with E-state index in [1.165, 1.54) is 30.0 Å². The molecule has 5 nitrogen and oxygen atoms in total. The number of allylic oxidation sites excluding steroid dienone is 5. The van der Waals surface area contributed by atoms with Crippen molar-refractivity contribution in [3.63, 3.8) is 0 Å². The fourth-order valence-electron chi connectivity index (χ4n) is 2.93. The van der Waals surface area contributed by atoms with E-state index in [9.17, 15) is 19.2 Å². The number of halogens is 1. The number of nitrogens with one attached hydrogen (secondary N) is 1. The molecule has 2 aromatic carbocycles. The number of fused-ring (bicyclic) bond motifs is 1. The van der Waals surface area contributed by atoms with Gasteiger partial charge in [0.05, 0.1) is 10.6 Å². The van der Waals surface area contributed by atoms with Gasteiger partial charge in [-0.1, -0.05) is 65.8 Å². The first-order chi connectivity index (χ1) is 14.0. The number of hydrogen-bond donors (Lipinski definition) is 1. The van der Waals surface area contributed by atoms with Gasteiger partial charge in [-0.15, -0.1) is 0 Å². The van der Waals surface area contributed by atoms with Gasteiger partial charge in [0.15, 0.2) is 5.78 Å². The van der Waals surface area contributed by atoms with Crippen LogP contribution in [0.4, 0.5) is 0 Å². The quantitative estimate of drug-likeness (QED) is 0.756. The second-order valence-corrected chi connectivity index (χ2v) is 7.72. The van der Waals surface area contributed by atoms with Crippen LogP contribution in [0.2, 0.25) is 0 Å². The summed E-state index contributed by atoms with van der Waals surface area (Å²) in [4.78, 5) is 51.3. The van der Waals surface area contributed by atoms with Crippen molar-refractivity contribution in [2.45, 2.75) is 4.90 Å². The standard InChI is InChI=1S/C22H12ClNO4S/c23-19-20(22(28)14-9-5-4-8-13(14)21(19)27)24-15-10-17(26)18(11-16(15)25)29-12-6-2-1-3-7-12/h1-11,24H. The molecule has 0 saturated heterocycles. The van der Waals surface area contributed by atoms with E-state index in [4.69, 9.17) is 11.6 Å². The first-order valence-electron chi connectivity index (χ1n) is 8.56. The molecule has 29 heavy (non-hydrogen) atoms. The number of carbonyl (C=O) groups is 4. The van der Waals surface area contributed by atoms with Gasteiger partial charge < -0.3 is 5.32 Å². The van der Waals surface area contributed by atoms with Crippen molar-refractivity contribution in [2.75, 3.05) is 0 Å². The third kappa shape index (κ3) is 3.60. The Morgan fingerprint density at radius 1 is 0.724 bits per heavy atom. The molecule has 1 N–H and O–H groups in total. The Morgan fingerprint density at radius 3 is 2.03 bits per heavy atom. The molecule has 0 fully saturated rings. The maximum Gasteiger partial charge on any atom is 0.211 e. The minimum absolute atomic E-state index is 0.110. The van der Waals surface area contributed by atoms with Crippen LogP contribution in [0.15, 0.2) is 93.0 Å². The predicted molar refractivity (Wildman–Crippen MR) is 110 cm³/mol. The van der Waals surface area contributed by atoms with Crippen molar-refractivity contribution in [1.29, 1.82) is 0 Å². The highest BCUT2D eigenvalue weighted by Gasteiger charge is 2.33. The molecule has 0 saturated carbocycles. The summed E-state index contributed by atoms with van der Waals surface area (Å²) in [6.07, 6.45) is 2.32. The molecule has 0 heterocycles. The smallest absolute Gasteiger partial charge is 0.211 e. The van der Waals surface area contributed by atoms with Crippen molar-refractivity contribution < 1.29 is 19.2 Å². The Hall–Kier alpha value is -3.22. The van der Waals surface area contributed by atoms with Crippen LogP contribution in [0.5, 0.6) is 0 Å². The van der Waals surface area contributed by atoms with Gasteiger partial charge in [0.2, 0.25) is 17.3 Å². The largest absolute Gasteiger partial charge is 0.348 e. The highest BCUT2D eigenvalue weighted by Crippen LogP contribution is 2.31. The lowest BCUT2D eigenvalue weighted by Gasteiger charge is -2.20. The van der Waals surface area contributed by atoms with Gasteiger partial charge in [0.1, 0.15) is 10.7 Å². The topological polar surface area (TPSA) is 80.3 Å². The number of hydrogen-bond acceptors (Lipinski definition) is 6. The molecule has 0 unspecified atom stereocenters. The molecule has 0 radical (unpaired) electrons. The molecule has 2 aromatic rings. The SMILES string of the molecule is O=C1C=C(Sc2ccccc2)C(=O)C=C1NC1=C(Cl)C(=O)c2ccccc2C1=O. The van der Waals surface area contributed by atoms with E-state index in [1.807, 2.05) is 30.3 Å². The van der Waals surface area contributed by atoms with Crippen molar-refractivity contribution >= 4 is 46.5 Å². The fraction of sp³-hybridized carbons (Fsp3) is 0. The summed E-state index contributed by atoms with van der Waals surface area (Å²) in [5.74, 6) is -1.90. The normalized spacial score (nSPS) is 16.4. The van der Waals surface area contributed by atoms with E-state index in [0.29, 0.717) is 0 Å². The molecule has 0 atom stereocenters. The second kappa shape index (κ2) is 7.66. The summed E-state index contributed by atoms with van der Waals surface area (Å²) < 4.78 is 0. The molecule has 7 heteroatoms. The molecule has 142 valence electrons. The number of benzene rings is 2.